The van der Waals surface area contributed by atoms with E-state index in [4.69, 9.17) is 0 Å². The topological polar surface area (TPSA) is 69.3 Å². The normalized spacial score (nSPS) is 15.3. The maximum atomic E-state index is 12.8. The van der Waals surface area contributed by atoms with Crippen LogP contribution in [-0.4, -0.2) is 47.2 Å². The minimum Gasteiger partial charge on any atom is -0.368 e. The number of nitrogens with one attached hydrogen (secondary N) is 1. The second kappa shape index (κ2) is 6.58. The SMILES string of the molecule is O=C(c1ccc(=O)[nH]n1)N1CCN(c2cccc(C(F)(F)F)c2)CC1. The number of piperazine rings is 1. The average molecular weight is 352 g/mol. The molecule has 1 fully saturated rings. The van der Waals surface area contributed by atoms with Crippen LogP contribution in [0.2, 0.25) is 0 Å². The Kier molecular flexibility index (Phi) is 4.47. The zero-order valence-electron chi connectivity index (χ0n) is 13.1. The quantitative estimate of drug-likeness (QED) is 0.894. The van der Waals surface area contributed by atoms with Crippen LogP contribution in [0.1, 0.15) is 16.1 Å². The van der Waals surface area contributed by atoms with Gasteiger partial charge in [0.2, 0.25) is 0 Å². The number of carbonyl (C=O) groups excluding carboxylic acids is 1. The molecule has 0 unspecified atom stereocenters. The molecule has 2 heterocycles. The number of hydrogen-bond acceptors (Lipinski definition) is 4. The van der Waals surface area contributed by atoms with Crippen molar-refractivity contribution in [2.24, 2.45) is 0 Å². The Balaban J connectivity index is 1.67. The molecule has 0 radical (unpaired) electrons. The molecule has 1 N–H and O–H groups in total. The van der Waals surface area contributed by atoms with E-state index in [1.54, 1.807) is 15.9 Å². The minimum atomic E-state index is -4.39. The monoisotopic (exact) mass is 352 g/mol. The fourth-order valence-electron chi connectivity index (χ4n) is 2.67. The van der Waals surface area contributed by atoms with Gasteiger partial charge in [0.25, 0.3) is 11.5 Å². The smallest absolute Gasteiger partial charge is 0.368 e. The van der Waals surface area contributed by atoms with Gasteiger partial charge in [0.05, 0.1) is 5.56 Å². The van der Waals surface area contributed by atoms with E-state index in [2.05, 4.69) is 10.2 Å². The molecule has 1 aliphatic heterocycles. The molecule has 1 amide bonds. The number of aromatic nitrogens is 2. The van der Waals surface area contributed by atoms with Crippen LogP contribution in [0.25, 0.3) is 0 Å². The highest BCUT2D eigenvalue weighted by Crippen LogP contribution is 2.31. The number of rotatable bonds is 2. The summed E-state index contributed by atoms with van der Waals surface area (Å²) in [4.78, 5) is 26.7. The van der Waals surface area contributed by atoms with E-state index in [0.717, 1.165) is 12.1 Å². The molecule has 0 aliphatic carbocycles. The van der Waals surface area contributed by atoms with E-state index in [0.29, 0.717) is 31.9 Å². The number of anilines is 1. The number of amides is 1. The predicted octanol–water partition coefficient (Wildman–Crippen LogP) is 1.75. The number of H-pyrrole nitrogens is 1. The van der Waals surface area contributed by atoms with Crippen LogP contribution in [-0.2, 0) is 6.18 Å². The zero-order chi connectivity index (χ0) is 18.0. The number of benzene rings is 1. The van der Waals surface area contributed by atoms with Crippen LogP contribution in [0, 0.1) is 0 Å². The molecule has 0 saturated carbocycles. The molecule has 1 aromatic heterocycles. The van der Waals surface area contributed by atoms with Crippen molar-refractivity contribution in [3.63, 3.8) is 0 Å². The highest BCUT2D eigenvalue weighted by molar-refractivity contribution is 5.92. The molecule has 132 valence electrons. The van der Waals surface area contributed by atoms with Crippen molar-refractivity contribution < 1.29 is 18.0 Å². The number of halogens is 3. The molecular weight excluding hydrogens is 337 g/mol. The van der Waals surface area contributed by atoms with Gasteiger partial charge in [0.15, 0.2) is 0 Å². The third-order valence-corrected chi connectivity index (χ3v) is 4.00. The molecule has 0 atom stereocenters. The van der Waals surface area contributed by atoms with E-state index >= 15 is 0 Å². The third kappa shape index (κ3) is 3.81. The van der Waals surface area contributed by atoms with Crippen molar-refractivity contribution in [3.05, 3.63) is 58.0 Å². The van der Waals surface area contributed by atoms with Gasteiger partial charge in [-0.05, 0) is 24.3 Å². The van der Waals surface area contributed by atoms with Gasteiger partial charge >= 0.3 is 6.18 Å². The van der Waals surface area contributed by atoms with Gasteiger partial charge in [-0.25, -0.2) is 5.10 Å². The summed E-state index contributed by atoms with van der Waals surface area (Å²) in [6, 6.07) is 7.71. The van der Waals surface area contributed by atoms with Crippen LogP contribution in [0.15, 0.2) is 41.2 Å². The Labute approximate surface area is 140 Å². The Bertz CT molecular complexity index is 806. The molecular formula is C16H15F3N4O2. The van der Waals surface area contributed by atoms with E-state index < -0.39 is 17.3 Å². The van der Waals surface area contributed by atoms with Gasteiger partial charge in [0, 0.05) is 37.9 Å². The summed E-state index contributed by atoms with van der Waals surface area (Å²) in [7, 11) is 0. The first-order chi connectivity index (χ1) is 11.8. The van der Waals surface area contributed by atoms with E-state index in [1.165, 1.54) is 18.2 Å². The van der Waals surface area contributed by atoms with Crippen molar-refractivity contribution in [3.8, 4) is 0 Å². The number of aromatic amines is 1. The zero-order valence-corrected chi connectivity index (χ0v) is 13.1. The summed E-state index contributed by atoms with van der Waals surface area (Å²) < 4.78 is 38.4. The van der Waals surface area contributed by atoms with Gasteiger partial charge in [-0.15, -0.1) is 0 Å². The average Bonchev–Trinajstić information content (AvgIpc) is 2.61. The van der Waals surface area contributed by atoms with Crippen LogP contribution in [0.4, 0.5) is 18.9 Å². The fourth-order valence-corrected chi connectivity index (χ4v) is 2.67. The highest BCUT2D eigenvalue weighted by atomic mass is 19.4. The molecule has 3 rings (SSSR count). The molecule has 0 spiro atoms. The summed E-state index contributed by atoms with van der Waals surface area (Å²) >= 11 is 0. The van der Waals surface area contributed by atoms with Gasteiger partial charge < -0.3 is 9.80 Å². The molecule has 2 aromatic rings. The van der Waals surface area contributed by atoms with Crippen molar-refractivity contribution in [1.82, 2.24) is 15.1 Å². The molecule has 1 aliphatic rings. The predicted molar refractivity (Wildman–Crippen MR) is 84.4 cm³/mol. The first-order valence-electron chi connectivity index (χ1n) is 7.62. The lowest BCUT2D eigenvalue weighted by Crippen LogP contribution is -2.49. The largest absolute Gasteiger partial charge is 0.416 e. The van der Waals surface area contributed by atoms with E-state index in [1.807, 2.05) is 0 Å². The van der Waals surface area contributed by atoms with Gasteiger partial charge in [0.1, 0.15) is 5.69 Å². The van der Waals surface area contributed by atoms with Gasteiger partial charge in [-0.1, -0.05) is 6.07 Å². The fraction of sp³-hybridized carbons (Fsp3) is 0.312. The highest BCUT2D eigenvalue weighted by Gasteiger charge is 2.31. The van der Waals surface area contributed by atoms with E-state index in [9.17, 15) is 22.8 Å². The molecule has 25 heavy (non-hydrogen) atoms. The van der Waals surface area contributed by atoms with Crippen molar-refractivity contribution >= 4 is 11.6 Å². The summed E-state index contributed by atoms with van der Waals surface area (Å²) in [6.07, 6.45) is -4.39. The number of alkyl halides is 3. The molecule has 9 heteroatoms. The van der Waals surface area contributed by atoms with Crippen LogP contribution in [0.5, 0.6) is 0 Å². The lowest BCUT2D eigenvalue weighted by atomic mass is 10.1. The number of nitrogens with zero attached hydrogens (tertiary/aromatic N) is 3. The molecule has 1 saturated heterocycles. The Morgan fingerprint density at radius 2 is 1.80 bits per heavy atom. The molecule has 6 nitrogen and oxygen atoms in total. The van der Waals surface area contributed by atoms with Crippen molar-refractivity contribution in [2.75, 3.05) is 31.1 Å². The third-order valence-electron chi connectivity index (χ3n) is 4.00. The summed E-state index contributed by atoms with van der Waals surface area (Å²) in [6.45, 7) is 1.54. The molecule has 0 bridgehead atoms. The summed E-state index contributed by atoms with van der Waals surface area (Å²) in [5.74, 6) is -0.319. The van der Waals surface area contributed by atoms with Crippen LogP contribution in [0.3, 0.4) is 0 Å². The minimum absolute atomic E-state index is 0.132. The second-order valence-corrected chi connectivity index (χ2v) is 5.63. The van der Waals surface area contributed by atoms with Crippen LogP contribution < -0.4 is 10.5 Å². The van der Waals surface area contributed by atoms with Crippen molar-refractivity contribution in [2.45, 2.75) is 6.18 Å². The number of carbonyl (C=O) groups is 1. The molecule has 1 aromatic carbocycles. The maximum Gasteiger partial charge on any atom is 0.416 e. The summed E-state index contributed by atoms with van der Waals surface area (Å²) in [5, 5.41) is 5.91. The Morgan fingerprint density at radius 3 is 2.40 bits per heavy atom. The second-order valence-electron chi connectivity index (χ2n) is 5.63. The number of hydrogen-bond donors (Lipinski definition) is 1. The lowest BCUT2D eigenvalue weighted by Gasteiger charge is -2.36. The standard InChI is InChI=1S/C16H15F3N4O2/c17-16(18,19)11-2-1-3-12(10-11)22-6-8-23(9-7-22)15(25)13-4-5-14(24)21-20-13/h1-5,10H,6-9H2,(H,21,24). The first-order valence-corrected chi connectivity index (χ1v) is 7.62. The Morgan fingerprint density at radius 1 is 1.08 bits per heavy atom. The van der Waals surface area contributed by atoms with E-state index in [-0.39, 0.29) is 11.6 Å². The van der Waals surface area contributed by atoms with Gasteiger partial charge in [-0.3, -0.25) is 9.59 Å². The maximum absolute atomic E-state index is 12.8. The van der Waals surface area contributed by atoms with Crippen molar-refractivity contribution in [1.29, 1.82) is 0 Å². The van der Waals surface area contributed by atoms with Gasteiger partial charge in [-0.2, -0.15) is 18.3 Å². The van der Waals surface area contributed by atoms with Crippen LogP contribution >= 0.6 is 0 Å². The first kappa shape index (κ1) is 17.0. The lowest BCUT2D eigenvalue weighted by molar-refractivity contribution is -0.137. The summed E-state index contributed by atoms with van der Waals surface area (Å²) in [5.41, 5.74) is -0.483. The Hall–Kier alpha value is -2.84.